The van der Waals surface area contributed by atoms with Crippen LogP contribution in [-0.4, -0.2) is 15.7 Å². The van der Waals surface area contributed by atoms with Gasteiger partial charge in [-0.1, -0.05) is 25.1 Å². The van der Waals surface area contributed by atoms with Gasteiger partial charge >= 0.3 is 0 Å². The lowest BCUT2D eigenvalue weighted by Gasteiger charge is -2.25. The normalized spacial score (nSPS) is 11.3. The fourth-order valence-electron chi connectivity index (χ4n) is 2.57. The Labute approximate surface area is 156 Å². The third-order valence-corrected chi connectivity index (χ3v) is 5.17. The highest BCUT2D eigenvalue weighted by Crippen LogP contribution is 2.23. The van der Waals surface area contributed by atoms with E-state index in [9.17, 15) is 9.59 Å². The third kappa shape index (κ3) is 3.60. The molecule has 0 saturated heterocycles. The molecule has 1 amide bonds. The largest absolute Gasteiger partial charge is 0.324 e. The molecule has 5 nitrogen and oxygen atoms in total. The molecule has 0 spiro atoms. The number of carbonyl (C=O) groups excluding carboxylic acids is 1. The van der Waals surface area contributed by atoms with Crippen LogP contribution in [0.3, 0.4) is 0 Å². The Hall–Kier alpha value is -2.73. The van der Waals surface area contributed by atoms with Crippen LogP contribution in [0.2, 0.25) is 0 Å². The number of hydrogen-bond donors (Lipinski definition) is 1. The molecule has 0 atom stereocenters. The molecule has 1 aromatic carbocycles. The van der Waals surface area contributed by atoms with Gasteiger partial charge in [0.25, 0.3) is 11.5 Å². The van der Waals surface area contributed by atoms with E-state index in [0.29, 0.717) is 11.4 Å². The smallest absolute Gasteiger partial charge is 0.267 e. The number of rotatable bonds is 5. The summed E-state index contributed by atoms with van der Waals surface area (Å²) in [4.78, 5) is 26.1. The molecule has 0 aliphatic rings. The van der Waals surface area contributed by atoms with E-state index < -0.39 is 5.54 Å². The second-order valence-electron chi connectivity index (χ2n) is 6.51. The number of thiophene rings is 1. The fourth-order valence-corrected chi connectivity index (χ4v) is 3.26. The maximum atomic E-state index is 12.8. The van der Waals surface area contributed by atoms with Crippen molar-refractivity contribution >= 4 is 22.9 Å². The summed E-state index contributed by atoms with van der Waals surface area (Å²) < 4.78 is 1.25. The molecule has 0 aliphatic heterocycles. The molecule has 134 valence electrons. The summed E-state index contributed by atoms with van der Waals surface area (Å²) in [5.74, 6) is -0.292. The highest BCUT2D eigenvalue weighted by molar-refractivity contribution is 7.13. The summed E-state index contributed by atoms with van der Waals surface area (Å²) in [6.07, 6.45) is 0.939. The van der Waals surface area contributed by atoms with Gasteiger partial charge in [0.15, 0.2) is 0 Å². The first-order valence-corrected chi connectivity index (χ1v) is 9.35. The number of nitrogens with one attached hydrogen (secondary N) is 1. The Morgan fingerprint density at radius 2 is 1.88 bits per heavy atom. The van der Waals surface area contributed by atoms with Crippen LogP contribution < -0.4 is 10.9 Å². The third-order valence-electron chi connectivity index (χ3n) is 4.28. The van der Waals surface area contributed by atoms with Crippen molar-refractivity contribution in [1.82, 2.24) is 9.78 Å². The number of nitrogens with zero attached hydrogens (tertiary/aromatic N) is 2. The lowest BCUT2D eigenvalue weighted by Crippen LogP contribution is -2.47. The predicted octanol–water partition coefficient (Wildman–Crippen LogP) is 3.91. The van der Waals surface area contributed by atoms with Crippen molar-refractivity contribution in [3.8, 4) is 10.6 Å². The van der Waals surface area contributed by atoms with Crippen molar-refractivity contribution in [3.05, 3.63) is 69.8 Å². The van der Waals surface area contributed by atoms with E-state index in [1.165, 1.54) is 27.6 Å². The van der Waals surface area contributed by atoms with Gasteiger partial charge in [0.05, 0.1) is 4.88 Å². The van der Waals surface area contributed by atoms with Crippen LogP contribution in [0.15, 0.2) is 58.7 Å². The molecular formula is C20H21N3O2S. The molecule has 0 saturated carbocycles. The average molecular weight is 367 g/mol. The van der Waals surface area contributed by atoms with Crippen LogP contribution in [0.25, 0.3) is 10.6 Å². The summed E-state index contributed by atoms with van der Waals surface area (Å²) in [7, 11) is 0. The van der Waals surface area contributed by atoms with Crippen LogP contribution in [0.5, 0.6) is 0 Å². The van der Waals surface area contributed by atoms with E-state index in [1.807, 2.05) is 41.8 Å². The van der Waals surface area contributed by atoms with E-state index in [0.717, 1.165) is 11.3 Å². The topological polar surface area (TPSA) is 64.0 Å². The quantitative estimate of drug-likeness (QED) is 0.744. The van der Waals surface area contributed by atoms with Gasteiger partial charge in [-0.15, -0.1) is 11.3 Å². The standard InChI is InChI=1S/C20H21N3O2S/c1-4-14-7-9-15(10-8-14)21-19(25)20(2,3)23-18(24)12-11-16(22-23)17-6-5-13-26-17/h5-13H,4H2,1-3H3,(H,21,25). The molecule has 0 fully saturated rings. The van der Waals surface area contributed by atoms with Gasteiger partial charge < -0.3 is 5.32 Å². The molecule has 0 radical (unpaired) electrons. The Morgan fingerprint density at radius 1 is 1.15 bits per heavy atom. The lowest BCUT2D eigenvalue weighted by atomic mass is 10.0. The monoisotopic (exact) mass is 367 g/mol. The number of aromatic nitrogens is 2. The average Bonchev–Trinajstić information content (AvgIpc) is 3.17. The number of amides is 1. The first-order chi connectivity index (χ1) is 12.4. The van der Waals surface area contributed by atoms with E-state index in [2.05, 4.69) is 17.3 Å². The van der Waals surface area contributed by atoms with Crippen molar-refractivity contribution in [3.63, 3.8) is 0 Å². The van der Waals surface area contributed by atoms with E-state index in [-0.39, 0.29) is 11.5 Å². The molecular weight excluding hydrogens is 346 g/mol. The Morgan fingerprint density at radius 3 is 2.50 bits per heavy atom. The molecule has 0 bridgehead atoms. The van der Waals surface area contributed by atoms with Gasteiger partial charge in [-0.2, -0.15) is 5.10 Å². The van der Waals surface area contributed by atoms with Crippen LogP contribution in [-0.2, 0) is 16.8 Å². The molecule has 6 heteroatoms. The van der Waals surface area contributed by atoms with E-state index in [4.69, 9.17) is 0 Å². The highest BCUT2D eigenvalue weighted by Gasteiger charge is 2.32. The molecule has 26 heavy (non-hydrogen) atoms. The van der Waals surface area contributed by atoms with Crippen molar-refractivity contribution in [2.24, 2.45) is 0 Å². The number of carbonyl (C=O) groups is 1. The van der Waals surface area contributed by atoms with Gasteiger partial charge in [-0.25, -0.2) is 4.68 Å². The molecule has 2 heterocycles. The Balaban J connectivity index is 1.89. The molecule has 2 aromatic heterocycles. The zero-order valence-electron chi connectivity index (χ0n) is 15.0. The van der Waals surface area contributed by atoms with Crippen LogP contribution in [0.4, 0.5) is 5.69 Å². The van der Waals surface area contributed by atoms with Crippen molar-refractivity contribution in [1.29, 1.82) is 0 Å². The molecule has 3 aromatic rings. The highest BCUT2D eigenvalue weighted by atomic mass is 32.1. The summed E-state index contributed by atoms with van der Waals surface area (Å²) in [5.41, 5.74) is 1.12. The van der Waals surface area contributed by atoms with Crippen LogP contribution in [0, 0.1) is 0 Å². The minimum atomic E-state index is -1.13. The summed E-state index contributed by atoms with van der Waals surface area (Å²) in [6, 6.07) is 14.7. The minimum absolute atomic E-state index is 0.292. The van der Waals surface area contributed by atoms with Gasteiger partial charge in [0.2, 0.25) is 0 Å². The van der Waals surface area contributed by atoms with Crippen LogP contribution in [0.1, 0.15) is 26.3 Å². The van der Waals surface area contributed by atoms with E-state index >= 15 is 0 Å². The Bertz CT molecular complexity index is 957. The second kappa shape index (κ2) is 7.25. The maximum Gasteiger partial charge on any atom is 0.267 e. The maximum absolute atomic E-state index is 12.8. The van der Waals surface area contributed by atoms with Gasteiger partial charge in [0.1, 0.15) is 11.2 Å². The fraction of sp³-hybridized carbons (Fsp3) is 0.250. The first-order valence-electron chi connectivity index (χ1n) is 8.47. The van der Waals surface area contributed by atoms with Crippen molar-refractivity contribution in [2.45, 2.75) is 32.7 Å². The first kappa shape index (κ1) is 18.1. The molecule has 0 unspecified atom stereocenters. The second-order valence-corrected chi connectivity index (χ2v) is 7.46. The van der Waals surface area contributed by atoms with E-state index in [1.54, 1.807) is 19.9 Å². The van der Waals surface area contributed by atoms with Gasteiger partial charge in [-0.05, 0) is 55.5 Å². The summed E-state index contributed by atoms with van der Waals surface area (Å²) in [6.45, 7) is 5.46. The number of anilines is 1. The lowest BCUT2D eigenvalue weighted by molar-refractivity contribution is -0.123. The van der Waals surface area contributed by atoms with Crippen molar-refractivity contribution in [2.75, 3.05) is 5.32 Å². The zero-order valence-corrected chi connectivity index (χ0v) is 15.8. The molecule has 1 N–H and O–H groups in total. The zero-order chi connectivity index (χ0) is 18.7. The molecule has 3 rings (SSSR count). The number of benzene rings is 1. The van der Waals surface area contributed by atoms with Crippen molar-refractivity contribution < 1.29 is 4.79 Å². The summed E-state index contributed by atoms with van der Waals surface area (Å²) in [5, 5.41) is 9.26. The van der Waals surface area contributed by atoms with Gasteiger partial charge in [0, 0.05) is 11.8 Å². The summed E-state index contributed by atoms with van der Waals surface area (Å²) >= 11 is 1.54. The minimum Gasteiger partial charge on any atom is -0.324 e. The van der Waals surface area contributed by atoms with Gasteiger partial charge in [-0.3, -0.25) is 9.59 Å². The molecule has 0 aliphatic carbocycles. The Kier molecular flexibility index (Phi) is 5.04. The number of aryl methyl sites for hydroxylation is 1. The SMILES string of the molecule is CCc1ccc(NC(=O)C(C)(C)n2nc(-c3cccs3)ccc2=O)cc1. The number of hydrogen-bond acceptors (Lipinski definition) is 4. The predicted molar refractivity (Wildman–Crippen MR) is 106 cm³/mol. The van der Waals surface area contributed by atoms with Crippen LogP contribution >= 0.6 is 11.3 Å².